The van der Waals surface area contributed by atoms with Gasteiger partial charge in [-0.3, -0.25) is 4.79 Å². The smallest absolute Gasteiger partial charge is 0.223 e. The average Bonchev–Trinajstić information content (AvgIpc) is 2.80. The molecular formula is C15H20ClN3O. The molecule has 1 amide bonds. The molecule has 2 aliphatic heterocycles. The first kappa shape index (κ1) is 13.7. The summed E-state index contributed by atoms with van der Waals surface area (Å²) in [5.41, 5.74) is 2.35. The number of amides is 1. The number of halogens is 1. The lowest BCUT2D eigenvalue weighted by Gasteiger charge is -2.40. The Kier molecular flexibility index (Phi) is 3.85. The minimum Gasteiger partial charge on any atom is -0.366 e. The van der Waals surface area contributed by atoms with E-state index in [9.17, 15) is 4.79 Å². The van der Waals surface area contributed by atoms with Crippen LogP contribution in [0, 0.1) is 0 Å². The molecule has 2 fully saturated rings. The van der Waals surface area contributed by atoms with E-state index in [0.29, 0.717) is 18.4 Å². The van der Waals surface area contributed by atoms with Gasteiger partial charge in [0.25, 0.3) is 0 Å². The molecule has 20 heavy (non-hydrogen) atoms. The van der Waals surface area contributed by atoms with Gasteiger partial charge in [0.05, 0.1) is 10.7 Å². The molecule has 0 radical (unpaired) electrons. The van der Waals surface area contributed by atoms with E-state index < -0.39 is 0 Å². The minimum absolute atomic E-state index is 0.309. The maximum Gasteiger partial charge on any atom is 0.223 e. The molecule has 0 aliphatic carbocycles. The summed E-state index contributed by atoms with van der Waals surface area (Å²) in [5, 5.41) is 4.00. The Morgan fingerprint density at radius 2 is 2.25 bits per heavy atom. The first-order chi connectivity index (χ1) is 9.70. The van der Waals surface area contributed by atoms with Gasteiger partial charge < -0.3 is 15.1 Å². The molecule has 1 aromatic carbocycles. The van der Waals surface area contributed by atoms with Gasteiger partial charge in [0.2, 0.25) is 5.91 Å². The van der Waals surface area contributed by atoms with Gasteiger partial charge in [-0.25, -0.2) is 0 Å². The maximum atomic E-state index is 11.8. The number of fused-ring (bicyclic) bond motifs is 1. The maximum absolute atomic E-state index is 11.8. The van der Waals surface area contributed by atoms with Crippen LogP contribution in [0.5, 0.6) is 0 Å². The largest absolute Gasteiger partial charge is 0.366 e. The van der Waals surface area contributed by atoms with E-state index >= 15 is 0 Å². The van der Waals surface area contributed by atoms with Crippen molar-refractivity contribution in [1.82, 2.24) is 10.2 Å². The molecule has 3 rings (SSSR count). The highest BCUT2D eigenvalue weighted by molar-refractivity contribution is 6.33. The Morgan fingerprint density at radius 3 is 3.05 bits per heavy atom. The molecule has 0 spiro atoms. The quantitative estimate of drug-likeness (QED) is 0.924. The molecule has 2 heterocycles. The molecule has 0 saturated carbocycles. The van der Waals surface area contributed by atoms with E-state index in [0.717, 1.165) is 43.3 Å². The number of hydrogen-bond donors (Lipinski definition) is 1. The lowest BCUT2D eigenvalue weighted by molar-refractivity contribution is -0.129. The SMILES string of the molecule is CNCc1cccc(Cl)c1N1CCN2C(=O)CCC2C1. The molecule has 1 unspecified atom stereocenters. The summed E-state index contributed by atoms with van der Waals surface area (Å²) >= 11 is 6.42. The van der Waals surface area contributed by atoms with Gasteiger partial charge in [-0.1, -0.05) is 23.7 Å². The molecule has 1 aromatic rings. The second kappa shape index (κ2) is 5.62. The van der Waals surface area contributed by atoms with Crippen molar-refractivity contribution in [3.05, 3.63) is 28.8 Å². The number of rotatable bonds is 3. The van der Waals surface area contributed by atoms with Gasteiger partial charge in [0, 0.05) is 38.6 Å². The fourth-order valence-corrected chi connectivity index (χ4v) is 3.63. The third-order valence-corrected chi connectivity index (χ3v) is 4.55. The molecule has 0 bridgehead atoms. The van der Waals surface area contributed by atoms with Crippen molar-refractivity contribution < 1.29 is 4.79 Å². The number of piperazine rings is 1. The number of nitrogens with one attached hydrogen (secondary N) is 1. The Morgan fingerprint density at radius 1 is 1.40 bits per heavy atom. The number of hydrogen-bond acceptors (Lipinski definition) is 3. The van der Waals surface area contributed by atoms with Crippen LogP contribution in [-0.4, -0.2) is 43.5 Å². The summed E-state index contributed by atoms with van der Waals surface area (Å²) < 4.78 is 0. The van der Waals surface area contributed by atoms with Gasteiger partial charge in [0.15, 0.2) is 0 Å². The van der Waals surface area contributed by atoms with Crippen molar-refractivity contribution in [3.63, 3.8) is 0 Å². The number of para-hydroxylation sites is 1. The Bertz CT molecular complexity index is 520. The van der Waals surface area contributed by atoms with Gasteiger partial charge in [-0.2, -0.15) is 0 Å². The highest BCUT2D eigenvalue weighted by Gasteiger charge is 2.36. The lowest BCUT2D eigenvalue weighted by Crippen LogP contribution is -2.51. The van der Waals surface area contributed by atoms with Crippen molar-refractivity contribution in [2.24, 2.45) is 0 Å². The van der Waals surface area contributed by atoms with Crippen LogP contribution in [-0.2, 0) is 11.3 Å². The van der Waals surface area contributed by atoms with E-state index in [-0.39, 0.29) is 0 Å². The van der Waals surface area contributed by atoms with E-state index in [1.807, 2.05) is 24.1 Å². The highest BCUT2D eigenvalue weighted by Crippen LogP contribution is 2.33. The molecular weight excluding hydrogens is 274 g/mol. The zero-order valence-electron chi connectivity index (χ0n) is 11.7. The number of carbonyl (C=O) groups excluding carboxylic acids is 1. The fraction of sp³-hybridized carbons (Fsp3) is 0.533. The normalized spacial score (nSPS) is 22.3. The highest BCUT2D eigenvalue weighted by atomic mass is 35.5. The van der Waals surface area contributed by atoms with Crippen LogP contribution in [0.3, 0.4) is 0 Å². The Balaban J connectivity index is 1.85. The second-order valence-electron chi connectivity index (χ2n) is 5.50. The van der Waals surface area contributed by atoms with E-state index in [1.165, 1.54) is 5.56 Å². The first-order valence-electron chi connectivity index (χ1n) is 7.17. The summed E-state index contributed by atoms with van der Waals surface area (Å²) in [7, 11) is 1.94. The van der Waals surface area contributed by atoms with Crippen LogP contribution >= 0.6 is 11.6 Å². The van der Waals surface area contributed by atoms with E-state index in [2.05, 4.69) is 16.3 Å². The Hall–Kier alpha value is -1.26. The number of benzene rings is 1. The molecule has 2 saturated heterocycles. The number of nitrogens with zero attached hydrogens (tertiary/aromatic N) is 2. The zero-order chi connectivity index (χ0) is 14.1. The van der Waals surface area contributed by atoms with E-state index in [4.69, 9.17) is 11.6 Å². The van der Waals surface area contributed by atoms with Crippen molar-refractivity contribution >= 4 is 23.2 Å². The summed E-state index contributed by atoms with van der Waals surface area (Å²) in [5.74, 6) is 0.309. The van der Waals surface area contributed by atoms with Gasteiger partial charge in [-0.15, -0.1) is 0 Å². The minimum atomic E-state index is 0.309. The lowest BCUT2D eigenvalue weighted by atomic mass is 10.1. The molecule has 1 atom stereocenters. The molecule has 4 nitrogen and oxygen atoms in total. The standard InChI is InChI=1S/C15H20ClN3O/c1-17-9-11-3-2-4-13(16)15(11)18-7-8-19-12(10-18)5-6-14(19)20/h2-4,12,17H,5-10H2,1H3. The van der Waals surface area contributed by atoms with Crippen LogP contribution in [0.4, 0.5) is 5.69 Å². The van der Waals surface area contributed by atoms with Crippen molar-refractivity contribution in [3.8, 4) is 0 Å². The number of anilines is 1. The van der Waals surface area contributed by atoms with Gasteiger partial charge in [0.1, 0.15) is 0 Å². The van der Waals surface area contributed by atoms with Crippen LogP contribution < -0.4 is 10.2 Å². The molecule has 2 aliphatic rings. The predicted molar refractivity (Wildman–Crippen MR) is 81.2 cm³/mol. The number of carbonyl (C=O) groups is 1. The topological polar surface area (TPSA) is 35.6 Å². The van der Waals surface area contributed by atoms with Crippen LogP contribution in [0.25, 0.3) is 0 Å². The van der Waals surface area contributed by atoms with Crippen molar-refractivity contribution in [2.75, 3.05) is 31.6 Å². The Labute approximate surface area is 124 Å². The average molecular weight is 294 g/mol. The summed E-state index contributed by atoms with van der Waals surface area (Å²) in [6, 6.07) is 6.41. The van der Waals surface area contributed by atoms with Crippen molar-refractivity contribution in [2.45, 2.75) is 25.4 Å². The summed E-state index contributed by atoms with van der Waals surface area (Å²) in [6.45, 7) is 3.38. The summed E-state index contributed by atoms with van der Waals surface area (Å²) in [4.78, 5) is 16.1. The van der Waals surface area contributed by atoms with E-state index in [1.54, 1.807) is 0 Å². The summed E-state index contributed by atoms with van der Waals surface area (Å²) in [6.07, 6.45) is 1.67. The monoisotopic (exact) mass is 293 g/mol. The van der Waals surface area contributed by atoms with Crippen LogP contribution in [0.15, 0.2) is 18.2 Å². The zero-order valence-corrected chi connectivity index (χ0v) is 12.5. The third-order valence-electron chi connectivity index (χ3n) is 4.25. The molecule has 108 valence electrons. The van der Waals surface area contributed by atoms with Gasteiger partial charge in [-0.05, 0) is 25.1 Å². The third kappa shape index (κ3) is 2.38. The fourth-order valence-electron chi connectivity index (χ4n) is 3.31. The first-order valence-corrected chi connectivity index (χ1v) is 7.55. The molecule has 5 heteroatoms. The van der Waals surface area contributed by atoms with Crippen LogP contribution in [0.1, 0.15) is 18.4 Å². The second-order valence-corrected chi connectivity index (χ2v) is 5.91. The van der Waals surface area contributed by atoms with Crippen molar-refractivity contribution in [1.29, 1.82) is 0 Å². The predicted octanol–water partition coefficient (Wildman–Crippen LogP) is 1.87. The molecule has 1 N–H and O–H groups in total. The molecule has 0 aromatic heterocycles. The van der Waals surface area contributed by atoms with Crippen LogP contribution in [0.2, 0.25) is 5.02 Å². The van der Waals surface area contributed by atoms with Gasteiger partial charge >= 0.3 is 0 Å².